The van der Waals surface area contributed by atoms with Crippen molar-refractivity contribution in [2.45, 2.75) is 59.8 Å². The van der Waals surface area contributed by atoms with Gasteiger partial charge in [0.05, 0.1) is 0 Å². The molecule has 0 N–H and O–H groups in total. The summed E-state index contributed by atoms with van der Waals surface area (Å²) in [5, 5.41) is 0. The van der Waals surface area contributed by atoms with Gasteiger partial charge >= 0.3 is 26.2 Å². The van der Waals surface area contributed by atoms with Gasteiger partial charge in [0.1, 0.15) is 0 Å². The quantitative estimate of drug-likeness (QED) is 0.340. The molecule has 0 aromatic carbocycles. The number of allylic oxidation sites excluding steroid dienone is 8. The fourth-order valence-corrected chi connectivity index (χ4v) is 2.22. The Morgan fingerprint density at radius 1 is 1.09 bits per heavy atom. The average molecular weight is 451 g/mol. The summed E-state index contributed by atoms with van der Waals surface area (Å²) in [7, 11) is 0. The summed E-state index contributed by atoms with van der Waals surface area (Å²) in [6.45, 7) is 8.67. The van der Waals surface area contributed by atoms with Crippen LogP contribution in [0.5, 0.6) is 0 Å². The molecule has 3 aliphatic rings. The van der Waals surface area contributed by atoms with Crippen LogP contribution in [-0.4, -0.2) is 11.0 Å². The summed E-state index contributed by atoms with van der Waals surface area (Å²) in [4.78, 5) is 0. The van der Waals surface area contributed by atoms with Crippen LogP contribution in [0.3, 0.4) is 0 Å². The molecule has 0 aromatic heterocycles. The van der Waals surface area contributed by atoms with Gasteiger partial charge in [-0.2, -0.15) is 30.1 Å². The van der Waals surface area contributed by atoms with Gasteiger partial charge < -0.3 is 6.42 Å². The van der Waals surface area contributed by atoms with Crippen molar-refractivity contribution in [3.05, 3.63) is 53.5 Å². The summed E-state index contributed by atoms with van der Waals surface area (Å²) in [5.41, 5.74) is 4.25. The topological polar surface area (TPSA) is 0 Å². The average Bonchev–Trinajstić information content (AvgIpc) is 3.14. The van der Waals surface area contributed by atoms with E-state index in [1.807, 2.05) is 12.2 Å². The molecule has 3 rings (SSSR count). The van der Waals surface area contributed by atoms with E-state index in [4.69, 9.17) is 0 Å². The fourth-order valence-electron chi connectivity index (χ4n) is 2.22. The third-order valence-electron chi connectivity index (χ3n) is 3.89. The minimum atomic E-state index is 0. The van der Waals surface area contributed by atoms with Gasteiger partial charge in [0.2, 0.25) is 0 Å². The smallest absolute Gasteiger partial charge is 0.328 e. The Kier molecular flexibility index (Phi) is 25.9. The van der Waals surface area contributed by atoms with E-state index >= 15 is 0 Å². The summed E-state index contributed by atoms with van der Waals surface area (Å²) in [6, 6.07) is 0. The van der Waals surface area contributed by atoms with Gasteiger partial charge in [0, 0.05) is 0 Å². The molecule has 1 unspecified atom stereocenters. The van der Waals surface area contributed by atoms with Crippen LogP contribution in [0.2, 0.25) is 0 Å². The van der Waals surface area contributed by atoms with Crippen LogP contribution in [0, 0.1) is 24.5 Å². The molecule has 130 valence electrons. The van der Waals surface area contributed by atoms with Gasteiger partial charge in [-0.25, -0.2) is 17.7 Å². The summed E-state index contributed by atoms with van der Waals surface area (Å²) >= 11 is 0. The largest absolute Gasteiger partial charge is 3.00 e. The molecule has 0 bridgehead atoms. The second-order valence-corrected chi connectivity index (χ2v) is 5.38. The zero-order valence-corrected chi connectivity index (χ0v) is 21.3. The number of halogens is 2. The van der Waals surface area contributed by atoms with Crippen LogP contribution in [0.15, 0.2) is 34.9 Å². The normalized spacial score (nSPS) is 19.7. The Labute approximate surface area is 180 Å². The van der Waals surface area contributed by atoms with Crippen LogP contribution in [-0.2, 0) is 26.2 Å². The summed E-state index contributed by atoms with van der Waals surface area (Å²) < 4.78 is 0. The monoisotopic (exact) mass is 448 g/mol. The Bertz CT molecular complexity index is 377. The molecule has 2 radical (unpaired) electrons. The maximum atomic E-state index is 3.36. The third-order valence-corrected chi connectivity index (χ3v) is 3.89. The van der Waals surface area contributed by atoms with Gasteiger partial charge in [0.25, 0.3) is 0 Å². The predicted octanol–water partition coefficient (Wildman–Crippen LogP) is 5.45. The van der Waals surface area contributed by atoms with Crippen molar-refractivity contribution < 1.29 is 26.2 Å². The number of rotatable bonds is 0. The molecule has 0 aromatic rings. The first-order valence-electron chi connectivity index (χ1n) is 7.44. The van der Waals surface area contributed by atoms with Gasteiger partial charge in [-0.15, -0.1) is 38.2 Å². The van der Waals surface area contributed by atoms with Gasteiger partial charge in [-0.05, 0) is 11.0 Å². The van der Waals surface area contributed by atoms with Crippen molar-refractivity contribution in [3.8, 4) is 0 Å². The van der Waals surface area contributed by atoms with Gasteiger partial charge in [-0.1, -0.05) is 39.5 Å². The second kappa shape index (κ2) is 19.0. The van der Waals surface area contributed by atoms with E-state index in [0.717, 1.165) is 6.42 Å². The number of hydrogen-bond donors (Lipinski definition) is 0. The molecule has 0 amide bonds. The molecule has 1 atom stereocenters. The molecule has 4 heteroatoms. The molecular formula is C19H32Cl2SiZr. The maximum Gasteiger partial charge on any atom is 3.00 e. The molecule has 0 heterocycles. The van der Waals surface area contributed by atoms with Crippen molar-refractivity contribution in [2.24, 2.45) is 5.92 Å². The van der Waals surface area contributed by atoms with Gasteiger partial charge in [-0.3, -0.25) is 12.2 Å². The van der Waals surface area contributed by atoms with E-state index < -0.39 is 0 Å². The van der Waals surface area contributed by atoms with Crippen LogP contribution < -0.4 is 0 Å². The Morgan fingerprint density at radius 3 is 1.78 bits per heavy atom. The van der Waals surface area contributed by atoms with Crippen LogP contribution >= 0.6 is 24.8 Å². The summed E-state index contributed by atoms with van der Waals surface area (Å²) in [5.74, 6) is 0.560. The molecule has 0 nitrogen and oxygen atoms in total. The Balaban J connectivity index is -0.000000114. The zero-order chi connectivity index (χ0) is 14.1. The van der Waals surface area contributed by atoms with Crippen LogP contribution in [0.1, 0.15) is 59.8 Å². The Morgan fingerprint density at radius 2 is 1.65 bits per heavy atom. The van der Waals surface area contributed by atoms with Crippen LogP contribution in [0.25, 0.3) is 0 Å². The van der Waals surface area contributed by atoms with Crippen molar-refractivity contribution in [1.82, 2.24) is 0 Å². The minimum absolute atomic E-state index is 0. The molecule has 0 spiro atoms. The van der Waals surface area contributed by atoms with E-state index in [0.29, 0.717) is 5.92 Å². The summed E-state index contributed by atoms with van der Waals surface area (Å²) in [6.07, 6.45) is 21.4. The van der Waals surface area contributed by atoms with E-state index in [9.17, 15) is 0 Å². The number of hydrogen-bond acceptors (Lipinski definition) is 0. The molecule has 23 heavy (non-hydrogen) atoms. The first-order valence-corrected chi connectivity index (χ1v) is 7.44. The predicted molar refractivity (Wildman–Crippen MR) is 109 cm³/mol. The molecular weight excluding hydrogens is 418 g/mol. The molecule has 3 aliphatic carbocycles. The van der Waals surface area contributed by atoms with Crippen molar-refractivity contribution in [3.63, 3.8) is 0 Å². The molecule has 0 saturated heterocycles. The Hall–Kier alpha value is 0.640. The zero-order valence-electron chi connectivity index (χ0n) is 15.2. The van der Waals surface area contributed by atoms with E-state index in [1.54, 1.807) is 0 Å². The standard InChI is InChI=1S/C9H13.C5H9.C5H5.2ClH.H3Si.Zr/c1-6-5-7(2)9(4)8(6)3;2*1-2-4-5-3-1;;;;/h6H,1-4H3;1H,2-5H2;1-3H,4H2;2*1H;1H3;/q3*-1;;;;+3. The second-order valence-electron chi connectivity index (χ2n) is 5.38. The van der Waals surface area contributed by atoms with Crippen LogP contribution in [0.4, 0.5) is 0 Å². The first-order chi connectivity index (χ1) is 9.13. The molecule has 1 saturated carbocycles. The molecule has 0 aliphatic heterocycles. The maximum absolute atomic E-state index is 3.36. The SMILES string of the molecule is CC1=[C-]C(C)C(C)=C1C.Cl.Cl.[C-]1=CC=CC1.[CH-]1CCCC1.[SiH3].[Zr+3]. The van der Waals surface area contributed by atoms with E-state index in [-0.39, 0.29) is 62.0 Å². The van der Waals surface area contributed by atoms with Crippen molar-refractivity contribution in [1.29, 1.82) is 0 Å². The van der Waals surface area contributed by atoms with Crippen molar-refractivity contribution >= 4 is 35.8 Å². The third kappa shape index (κ3) is 13.6. The fraction of sp³-hybridized carbons (Fsp3) is 0.526. The first kappa shape index (κ1) is 31.4. The van der Waals surface area contributed by atoms with Gasteiger partial charge in [0.15, 0.2) is 0 Å². The van der Waals surface area contributed by atoms with E-state index in [2.05, 4.69) is 52.3 Å². The molecule has 1 fully saturated rings. The van der Waals surface area contributed by atoms with Crippen molar-refractivity contribution in [2.75, 3.05) is 0 Å². The minimum Gasteiger partial charge on any atom is -0.328 e. The van der Waals surface area contributed by atoms with E-state index in [1.165, 1.54) is 42.4 Å².